The van der Waals surface area contributed by atoms with Crippen molar-refractivity contribution >= 4 is 44.7 Å². The lowest BCUT2D eigenvalue weighted by Gasteiger charge is -2.06. The topological polar surface area (TPSA) is 97.2 Å². The molecule has 0 aliphatic carbocycles. The number of hydrogen-bond donors (Lipinski definition) is 2. The van der Waals surface area contributed by atoms with E-state index in [-0.39, 0.29) is 11.3 Å². The molecule has 110 valence electrons. The highest BCUT2D eigenvalue weighted by Crippen LogP contribution is 2.23. The predicted molar refractivity (Wildman–Crippen MR) is 83.6 cm³/mol. The van der Waals surface area contributed by atoms with E-state index in [4.69, 9.17) is 0 Å². The highest BCUT2D eigenvalue weighted by Gasteiger charge is 2.21. The maximum absolute atomic E-state index is 12.1. The van der Waals surface area contributed by atoms with E-state index in [1.54, 1.807) is 7.05 Å². The number of pyridine rings is 1. The van der Waals surface area contributed by atoms with Crippen LogP contribution in [-0.2, 0) is 6.54 Å². The number of anilines is 1. The largest absolute Gasteiger partial charge is 0.373 e. The average Bonchev–Trinajstić information content (AvgIpc) is 2.89. The van der Waals surface area contributed by atoms with E-state index in [0.29, 0.717) is 12.4 Å². The Kier molecular flexibility index (Phi) is 4.86. The van der Waals surface area contributed by atoms with Gasteiger partial charge in [-0.2, -0.15) is 0 Å². The molecular weight excluding hydrogens is 360 g/mol. The second kappa shape index (κ2) is 6.64. The Labute approximate surface area is 132 Å². The summed E-state index contributed by atoms with van der Waals surface area (Å²) in [6, 6.07) is 5.10. The van der Waals surface area contributed by atoms with Crippen LogP contribution in [0.2, 0.25) is 0 Å². The zero-order chi connectivity index (χ0) is 15.4. The van der Waals surface area contributed by atoms with Gasteiger partial charge in [-0.25, -0.2) is 4.98 Å². The highest BCUT2D eigenvalue weighted by atomic mass is 79.9. The zero-order valence-corrected chi connectivity index (χ0v) is 13.3. The van der Waals surface area contributed by atoms with E-state index in [9.17, 15) is 14.9 Å². The Balaban J connectivity index is 2.19. The van der Waals surface area contributed by atoms with E-state index in [2.05, 4.69) is 31.5 Å². The smallest absolute Gasteiger partial charge is 0.300 e. The van der Waals surface area contributed by atoms with Crippen LogP contribution in [-0.4, -0.2) is 22.9 Å². The Bertz CT molecular complexity index is 689. The summed E-state index contributed by atoms with van der Waals surface area (Å²) in [5, 5.41) is 16.4. The number of nitrogens with one attached hydrogen (secondary N) is 2. The monoisotopic (exact) mass is 370 g/mol. The van der Waals surface area contributed by atoms with Crippen LogP contribution in [0.1, 0.15) is 15.2 Å². The fourth-order valence-corrected chi connectivity index (χ4v) is 3.04. The fraction of sp³-hybridized carbons (Fsp3) is 0.167. The normalized spacial score (nSPS) is 10.2. The molecule has 0 aliphatic heterocycles. The molecule has 2 aromatic heterocycles. The number of rotatable bonds is 5. The lowest BCUT2D eigenvalue weighted by Crippen LogP contribution is -2.23. The van der Waals surface area contributed by atoms with E-state index in [1.807, 2.05) is 12.1 Å². The van der Waals surface area contributed by atoms with Crippen LogP contribution in [0.5, 0.6) is 0 Å². The molecule has 1 amide bonds. The molecular formula is C12H11BrN4O3S. The summed E-state index contributed by atoms with van der Waals surface area (Å²) in [5.41, 5.74) is -0.339. The number of nitro groups is 1. The van der Waals surface area contributed by atoms with Crippen LogP contribution >= 0.6 is 27.3 Å². The summed E-state index contributed by atoms with van der Waals surface area (Å²) in [6.07, 6.45) is 1.07. The minimum atomic E-state index is -0.622. The molecule has 2 N–H and O–H groups in total. The van der Waals surface area contributed by atoms with Gasteiger partial charge in [0.1, 0.15) is 17.6 Å². The number of carbonyl (C=O) groups excluding carboxylic acids is 1. The first kappa shape index (κ1) is 15.4. The van der Waals surface area contributed by atoms with Crippen molar-refractivity contribution in [3.8, 4) is 0 Å². The lowest BCUT2D eigenvalue weighted by atomic mass is 10.2. The minimum Gasteiger partial charge on any atom is -0.373 e. The van der Waals surface area contributed by atoms with E-state index < -0.39 is 10.8 Å². The molecule has 0 spiro atoms. The third kappa shape index (κ3) is 3.76. The molecule has 2 rings (SSSR count). The summed E-state index contributed by atoms with van der Waals surface area (Å²) in [7, 11) is 1.62. The first-order chi connectivity index (χ1) is 10.0. The fourth-order valence-electron chi connectivity index (χ4n) is 1.62. The van der Waals surface area contributed by atoms with Crippen LogP contribution in [0.15, 0.2) is 28.2 Å². The first-order valence-electron chi connectivity index (χ1n) is 5.86. The van der Waals surface area contributed by atoms with E-state index in [1.165, 1.54) is 17.4 Å². The number of nitrogens with zero attached hydrogens (tertiary/aromatic N) is 2. The van der Waals surface area contributed by atoms with Crippen LogP contribution in [0.25, 0.3) is 0 Å². The zero-order valence-electron chi connectivity index (χ0n) is 10.9. The highest BCUT2D eigenvalue weighted by molar-refractivity contribution is 9.11. The van der Waals surface area contributed by atoms with Crippen LogP contribution in [0.3, 0.4) is 0 Å². The van der Waals surface area contributed by atoms with Crippen LogP contribution in [0.4, 0.5) is 11.5 Å². The maximum Gasteiger partial charge on any atom is 0.300 e. The summed E-state index contributed by atoms with van der Waals surface area (Å²) < 4.78 is 0.958. The van der Waals surface area contributed by atoms with Gasteiger partial charge in [0, 0.05) is 18.0 Å². The van der Waals surface area contributed by atoms with Crippen molar-refractivity contribution < 1.29 is 9.72 Å². The van der Waals surface area contributed by atoms with Crippen molar-refractivity contribution in [2.24, 2.45) is 0 Å². The number of carbonyl (C=O) groups is 1. The molecule has 0 aromatic carbocycles. The second-order valence-electron chi connectivity index (χ2n) is 3.98. The van der Waals surface area contributed by atoms with Crippen molar-refractivity contribution in [1.82, 2.24) is 10.3 Å². The van der Waals surface area contributed by atoms with Gasteiger partial charge < -0.3 is 10.6 Å². The van der Waals surface area contributed by atoms with Crippen molar-refractivity contribution in [1.29, 1.82) is 0 Å². The van der Waals surface area contributed by atoms with Gasteiger partial charge in [0.25, 0.3) is 11.6 Å². The molecule has 0 aliphatic rings. The van der Waals surface area contributed by atoms with Gasteiger partial charge in [-0.3, -0.25) is 14.9 Å². The lowest BCUT2D eigenvalue weighted by molar-refractivity contribution is -0.385. The summed E-state index contributed by atoms with van der Waals surface area (Å²) in [4.78, 5) is 27.3. The molecule has 0 bridgehead atoms. The molecule has 0 saturated heterocycles. The van der Waals surface area contributed by atoms with Gasteiger partial charge in [0.15, 0.2) is 0 Å². The second-order valence-corrected chi connectivity index (χ2v) is 6.53. The van der Waals surface area contributed by atoms with Gasteiger partial charge in [-0.15, -0.1) is 11.3 Å². The standard InChI is InChI=1S/C12H11BrN4O3S/c1-14-11-4-8(9(6-15-11)17(19)20)12(18)16-5-7-2-3-10(13)21-7/h2-4,6H,5H2,1H3,(H,14,15)(H,16,18). The van der Waals surface area contributed by atoms with Crippen molar-refractivity contribution in [3.63, 3.8) is 0 Å². The van der Waals surface area contributed by atoms with E-state index >= 15 is 0 Å². The van der Waals surface area contributed by atoms with Gasteiger partial charge >= 0.3 is 0 Å². The molecule has 2 heterocycles. The Morgan fingerprint density at radius 2 is 2.29 bits per heavy atom. The number of aromatic nitrogens is 1. The first-order valence-corrected chi connectivity index (χ1v) is 7.47. The molecule has 0 unspecified atom stereocenters. The minimum absolute atomic E-state index is 0.0185. The van der Waals surface area contributed by atoms with Crippen molar-refractivity contribution in [3.05, 3.63) is 48.7 Å². The quantitative estimate of drug-likeness (QED) is 0.622. The Hall–Kier alpha value is -2.00. The number of amides is 1. The molecule has 0 saturated carbocycles. The Morgan fingerprint density at radius 3 is 2.86 bits per heavy atom. The molecule has 0 radical (unpaired) electrons. The molecule has 2 aromatic rings. The number of hydrogen-bond acceptors (Lipinski definition) is 6. The summed E-state index contributed by atoms with van der Waals surface area (Å²) in [6.45, 7) is 0.309. The van der Waals surface area contributed by atoms with Crippen molar-refractivity contribution in [2.75, 3.05) is 12.4 Å². The van der Waals surface area contributed by atoms with Crippen molar-refractivity contribution in [2.45, 2.75) is 6.54 Å². The SMILES string of the molecule is CNc1cc(C(=O)NCc2ccc(Br)s2)c([N+](=O)[O-])cn1. The van der Waals surface area contributed by atoms with E-state index in [0.717, 1.165) is 14.9 Å². The maximum atomic E-state index is 12.1. The molecule has 0 atom stereocenters. The van der Waals surface area contributed by atoms with Gasteiger partial charge in [0.2, 0.25) is 0 Å². The average molecular weight is 371 g/mol. The number of thiophene rings is 1. The third-order valence-corrected chi connectivity index (χ3v) is 4.26. The van der Waals surface area contributed by atoms with Gasteiger partial charge in [-0.05, 0) is 28.1 Å². The number of halogens is 1. The molecule has 7 nitrogen and oxygen atoms in total. The van der Waals surface area contributed by atoms with Gasteiger partial charge in [-0.1, -0.05) is 0 Å². The van der Waals surface area contributed by atoms with Crippen LogP contribution < -0.4 is 10.6 Å². The molecule has 0 fully saturated rings. The summed E-state index contributed by atoms with van der Waals surface area (Å²) in [5.74, 6) is -0.116. The Morgan fingerprint density at radius 1 is 1.52 bits per heavy atom. The van der Waals surface area contributed by atoms with Gasteiger partial charge in [0.05, 0.1) is 15.3 Å². The third-order valence-electron chi connectivity index (χ3n) is 2.63. The van der Waals surface area contributed by atoms with Crippen LogP contribution in [0, 0.1) is 10.1 Å². The summed E-state index contributed by atoms with van der Waals surface area (Å²) >= 11 is 4.82. The molecule has 21 heavy (non-hydrogen) atoms. The predicted octanol–water partition coefficient (Wildman–Crippen LogP) is 2.79. The molecule has 9 heteroatoms.